The first-order valence-electron chi connectivity index (χ1n) is 5.89. The lowest BCUT2D eigenvalue weighted by atomic mass is 10.1. The SMILES string of the molecule is CCCc1nc(N)cc(-c2ccc(C)cc2)n1. The highest BCUT2D eigenvalue weighted by atomic mass is 14.9. The molecule has 0 spiro atoms. The number of rotatable bonds is 3. The van der Waals surface area contributed by atoms with Gasteiger partial charge in [-0.05, 0) is 13.3 Å². The molecule has 0 atom stereocenters. The molecular weight excluding hydrogens is 210 g/mol. The summed E-state index contributed by atoms with van der Waals surface area (Å²) in [6, 6.07) is 10.1. The molecule has 0 aliphatic carbocycles. The van der Waals surface area contributed by atoms with E-state index >= 15 is 0 Å². The first kappa shape index (κ1) is 11.6. The minimum atomic E-state index is 0.541. The third-order valence-electron chi connectivity index (χ3n) is 2.61. The van der Waals surface area contributed by atoms with E-state index in [0.717, 1.165) is 29.9 Å². The van der Waals surface area contributed by atoms with E-state index in [-0.39, 0.29) is 0 Å². The Morgan fingerprint density at radius 3 is 2.47 bits per heavy atom. The minimum absolute atomic E-state index is 0.541. The van der Waals surface area contributed by atoms with Crippen molar-refractivity contribution in [2.45, 2.75) is 26.7 Å². The van der Waals surface area contributed by atoms with Gasteiger partial charge in [-0.2, -0.15) is 0 Å². The molecule has 17 heavy (non-hydrogen) atoms. The summed E-state index contributed by atoms with van der Waals surface area (Å²) in [4.78, 5) is 8.77. The summed E-state index contributed by atoms with van der Waals surface area (Å²) in [5, 5.41) is 0. The van der Waals surface area contributed by atoms with Crippen molar-refractivity contribution in [2.75, 3.05) is 5.73 Å². The summed E-state index contributed by atoms with van der Waals surface area (Å²) < 4.78 is 0. The van der Waals surface area contributed by atoms with Crippen molar-refractivity contribution in [1.82, 2.24) is 9.97 Å². The van der Waals surface area contributed by atoms with E-state index in [1.54, 1.807) is 0 Å². The van der Waals surface area contributed by atoms with E-state index in [2.05, 4.69) is 48.1 Å². The number of nitrogens with zero attached hydrogens (tertiary/aromatic N) is 2. The van der Waals surface area contributed by atoms with Crippen LogP contribution in [0.15, 0.2) is 30.3 Å². The average Bonchev–Trinajstić information content (AvgIpc) is 2.29. The van der Waals surface area contributed by atoms with Crippen LogP contribution in [0.2, 0.25) is 0 Å². The number of aryl methyl sites for hydroxylation is 2. The van der Waals surface area contributed by atoms with Crippen molar-refractivity contribution in [2.24, 2.45) is 0 Å². The van der Waals surface area contributed by atoms with Crippen LogP contribution in [0.25, 0.3) is 11.3 Å². The zero-order valence-electron chi connectivity index (χ0n) is 10.3. The highest BCUT2D eigenvalue weighted by molar-refractivity contribution is 5.62. The lowest BCUT2D eigenvalue weighted by Gasteiger charge is -2.05. The summed E-state index contributed by atoms with van der Waals surface area (Å²) >= 11 is 0. The van der Waals surface area contributed by atoms with Gasteiger partial charge in [-0.25, -0.2) is 9.97 Å². The maximum atomic E-state index is 5.81. The number of nitrogen functional groups attached to an aromatic ring is 1. The molecule has 1 heterocycles. The van der Waals surface area contributed by atoms with Gasteiger partial charge in [0.25, 0.3) is 0 Å². The number of hydrogen-bond donors (Lipinski definition) is 1. The zero-order chi connectivity index (χ0) is 12.3. The summed E-state index contributed by atoms with van der Waals surface area (Å²) in [5.74, 6) is 1.36. The van der Waals surface area contributed by atoms with E-state index in [0.29, 0.717) is 5.82 Å². The molecule has 2 rings (SSSR count). The van der Waals surface area contributed by atoms with Crippen molar-refractivity contribution in [3.8, 4) is 11.3 Å². The molecule has 0 saturated heterocycles. The van der Waals surface area contributed by atoms with Gasteiger partial charge in [0.2, 0.25) is 0 Å². The molecule has 1 aromatic carbocycles. The monoisotopic (exact) mass is 227 g/mol. The molecule has 0 radical (unpaired) electrons. The molecule has 0 unspecified atom stereocenters. The van der Waals surface area contributed by atoms with Crippen LogP contribution in [0.3, 0.4) is 0 Å². The van der Waals surface area contributed by atoms with Crippen molar-refractivity contribution in [3.63, 3.8) is 0 Å². The second-order valence-corrected chi connectivity index (χ2v) is 4.21. The number of hydrogen-bond acceptors (Lipinski definition) is 3. The molecule has 3 heteroatoms. The van der Waals surface area contributed by atoms with Gasteiger partial charge in [0.1, 0.15) is 11.6 Å². The summed E-state index contributed by atoms with van der Waals surface area (Å²) in [7, 11) is 0. The number of aromatic nitrogens is 2. The minimum Gasteiger partial charge on any atom is -0.384 e. The Morgan fingerprint density at radius 2 is 1.82 bits per heavy atom. The Hall–Kier alpha value is -1.90. The standard InChI is InChI=1S/C14H17N3/c1-3-4-14-16-12(9-13(15)17-14)11-7-5-10(2)6-8-11/h5-9H,3-4H2,1-2H3,(H2,15,16,17). The lowest BCUT2D eigenvalue weighted by molar-refractivity contribution is 0.839. The number of anilines is 1. The average molecular weight is 227 g/mol. The third-order valence-corrected chi connectivity index (χ3v) is 2.61. The van der Waals surface area contributed by atoms with Crippen molar-refractivity contribution in [1.29, 1.82) is 0 Å². The van der Waals surface area contributed by atoms with E-state index < -0.39 is 0 Å². The third kappa shape index (κ3) is 2.81. The summed E-state index contributed by atoms with van der Waals surface area (Å²) in [5.41, 5.74) is 9.04. The summed E-state index contributed by atoms with van der Waals surface area (Å²) in [6.07, 6.45) is 1.89. The Balaban J connectivity index is 2.40. The fraction of sp³-hybridized carbons (Fsp3) is 0.286. The van der Waals surface area contributed by atoms with Crippen LogP contribution in [-0.4, -0.2) is 9.97 Å². The molecule has 0 bridgehead atoms. The fourth-order valence-corrected chi connectivity index (χ4v) is 1.73. The van der Waals surface area contributed by atoms with Crippen LogP contribution in [0.5, 0.6) is 0 Å². The van der Waals surface area contributed by atoms with Crippen LogP contribution in [0, 0.1) is 6.92 Å². The van der Waals surface area contributed by atoms with Gasteiger partial charge in [-0.3, -0.25) is 0 Å². The first-order valence-corrected chi connectivity index (χ1v) is 5.89. The molecule has 0 fully saturated rings. The Morgan fingerprint density at radius 1 is 1.12 bits per heavy atom. The van der Waals surface area contributed by atoms with Crippen molar-refractivity contribution >= 4 is 5.82 Å². The molecule has 2 aromatic rings. The predicted molar refractivity (Wildman–Crippen MR) is 70.6 cm³/mol. The van der Waals surface area contributed by atoms with Gasteiger partial charge >= 0.3 is 0 Å². The lowest BCUT2D eigenvalue weighted by Crippen LogP contribution is -2.01. The van der Waals surface area contributed by atoms with Gasteiger partial charge in [-0.15, -0.1) is 0 Å². The van der Waals surface area contributed by atoms with Gasteiger partial charge < -0.3 is 5.73 Å². The highest BCUT2D eigenvalue weighted by Gasteiger charge is 2.04. The second kappa shape index (κ2) is 4.95. The molecule has 0 amide bonds. The molecule has 0 aliphatic rings. The highest BCUT2D eigenvalue weighted by Crippen LogP contribution is 2.19. The molecular formula is C14H17N3. The van der Waals surface area contributed by atoms with E-state index in [1.165, 1.54) is 5.56 Å². The van der Waals surface area contributed by atoms with E-state index in [9.17, 15) is 0 Å². The maximum Gasteiger partial charge on any atom is 0.131 e. The van der Waals surface area contributed by atoms with Gasteiger partial charge in [0, 0.05) is 18.1 Å². The first-order chi connectivity index (χ1) is 8.19. The topological polar surface area (TPSA) is 51.8 Å². The second-order valence-electron chi connectivity index (χ2n) is 4.21. The number of nitrogens with two attached hydrogens (primary N) is 1. The molecule has 3 nitrogen and oxygen atoms in total. The van der Waals surface area contributed by atoms with E-state index in [1.807, 2.05) is 6.07 Å². The van der Waals surface area contributed by atoms with Crippen molar-refractivity contribution in [3.05, 3.63) is 41.7 Å². The van der Waals surface area contributed by atoms with E-state index in [4.69, 9.17) is 5.73 Å². The zero-order valence-corrected chi connectivity index (χ0v) is 10.3. The van der Waals surface area contributed by atoms with Crippen LogP contribution < -0.4 is 5.73 Å². The van der Waals surface area contributed by atoms with Crippen LogP contribution >= 0.6 is 0 Å². The predicted octanol–water partition coefficient (Wildman–Crippen LogP) is 2.99. The molecule has 2 N–H and O–H groups in total. The summed E-state index contributed by atoms with van der Waals surface area (Å²) in [6.45, 7) is 4.18. The molecule has 0 saturated carbocycles. The molecule has 1 aromatic heterocycles. The van der Waals surface area contributed by atoms with Gasteiger partial charge in [0.05, 0.1) is 5.69 Å². The normalized spacial score (nSPS) is 10.5. The number of benzene rings is 1. The molecule has 0 aliphatic heterocycles. The Bertz CT molecular complexity index is 503. The van der Waals surface area contributed by atoms with Gasteiger partial charge in [0.15, 0.2) is 0 Å². The largest absolute Gasteiger partial charge is 0.384 e. The van der Waals surface area contributed by atoms with Crippen LogP contribution in [0.1, 0.15) is 24.7 Å². The smallest absolute Gasteiger partial charge is 0.131 e. The van der Waals surface area contributed by atoms with Crippen LogP contribution in [0.4, 0.5) is 5.82 Å². The fourth-order valence-electron chi connectivity index (χ4n) is 1.73. The van der Waals surface area contributed by atoms with Gasteiger partial charge in [-0.1, -0.05) is 36.8 Å². The Labute approximate surface area is 102 Å². The molecule has 88 valence electrons. The van der Waals surface area contributed by atoms with Crippen LogP contribution in [-0.2, 0) is 6.42 Å². The Kier molecular flexibility index (Phi) is 3.38. The van der Waals surface area contributed by atoms with Crippen molar-refractivity contribution < 1.29 is 0 Å². The maximum absolute atomic E-state index is 5.81. The quantitative estimate of drug-likeness (QED) is 0.877.